The van der Waals surface area contributed by atoms with Crippen LogP contribution < -0.4 is 4.74 Å². The SMILES string of the molecule is CC(C)(O)C1CCCN1CCOc1ccc(C#N)cc1. The minimum atomic E-state index is -0.662. The Kier molecular flexibility index (Phi) is 4.64. The number of rotatable bonds is 5. The van der Waals surface area contributed by atoms with Crippen LogP contribution in [-0.2, 0) is 0 Å². The molecule has 0 spiro atoms. The summed E-state index contributed by atoms with van der Waals surface area (Å²) in [4.78, 5) is 2.30. The molecule has 1 heterocycles. The first-order valence-corrected chi connectivity index (χ1v) is 7.10. The normalized spacial score (nSPS) is 19.8. The first-order valence-electron chi connectivity index (χ1n) is 7.10. The van der Waals surface area contributed by atoms with Gasteiger partial charge in [-0.2, -0.15) is 5.26 Å². The molecule has 1 unspecified atom stereocenters. The summed E-state index contributed by atoms with van der Waals surface area (Å²) in [5, 5.41) is 18.9. The van der Waals surface area contributed by atoms with Crippen molar-refractivity contribution in [2.24, 2.45) is 0 Å². The van der Waals surface area contributed by atoms with Crippen LogP contribution in [0.4, 0.5) is 0 Å². The highest BCUT2D eigenvalue weighted by Gasteiger charge is 2.35. The molecule has 0 saturated carbocycles. The maximum atomic E-state index is 10.1. The Bertz CT molecular complexity index is 471. The molecule has 4 heteroatoms. The summed E-state index contributed by atoms with van der Waals surface area (Å²) in [6.07, 6.45) is 2.17. The number of nitriles is 1. The highest BCUT2D eigenvalue weighted by Crippen LogP contribution is 2.26. The molecule has 1 aliphatic heterocycles. The van der Waals surface area contributed by atoms with Gasteiger partial charge in [0.15, 0.2) is 0 Å². The van der Waals surface area contributed by atoms with E-state index >= 15 is 0 Å². The van der Waals surface area contributed by atoms with Crippen LogP contribution in [0, 0.1) is 11.3 Å². The topological polar surface area (TPSA) is 56.5 Å². The smallest absolute Gasteiger partial charge is 0.119 e. The van der Waals surface area contributed by atoms with E-state index in [0.29, 0.717) is 12.2 Å². The van der Waals surface area contributed by atoms with Crippen LogP contribution in [0.15, 0.2) is 24.3 Å². The number of hydrogen-bond donors (Lipinski definition) is 1. The van der Waals surface area contributed by atoms with Gasteiger partial charge in [0, 0.05) is 12.6 Å². The highest BCUT2D eigenvalue weighted by atomic mass is 16.5. The number of nitrogens with zero attached hydrogens (tertiary/aromatic N) is 2. The van der Waals surface area contributed by atoms with E-state index in [2.05, 4.69) is 11.0 Å². The van der Waals surface area contributed by atoms with E-state index in [4.69, 9.17) is 10.00 Å². The number of hydrogen-bond acceptors (Lipinski definition) is 4. The second kappa shape index (κ2) is 6.25. The number of aliphatic hydroxyl groups is 1. The maximum Gasteiger partial charge on any atom is 0.119 e. The van der Waals surface area contributed by atoms with Crippen molar-refractivity contribution in [2.75, 3.05) is 19.7 Å². The van der Waals surface area contributed by atoms with E-state index in [9.17, 15) is 5.11 Å². The van der Waals surface area contributed by atoms with Crippen LogP contribution >= 0.6 is 0 Å². The van der Waals surface area contributed by atoms with Gasteiger partial charge in [-0.05, 0) is 57.5 Å². The molecular formula is C16H22N2O2. The largest absolute Gasteiger partial charge is 0.492 e. The van der Waals surface area contributed by atoms with E-state index in [1.165, 1.54) is 0 Å². The zero-order valence-corrected chi connectivity index (χ0v) is 12.2. The molecule has 0 amide bonds. The molecule has 1 aromatic carbocycles. The quantitative estimate of drug-likeness (QED) is 0.894. The Morgan fingerprint density at radius 3 is 2.70 bits per heavy atom. The third-order valence-corrected chi connectivity index (χ3v) is 3.81. The Morgan fingerprint density at radius 2 is 2.10 bits per heavy atom. The Morgan fingerprint density at radius 1 is 1.40 bits per heavy atom. The minimum Gasteiger partial charge on any atom is -0.492 e. The van der Waals surface area contributed by atoms with Crippen molar-refractivity contribution in [2.45, 2.75) is 38.3 Å². The zero-order chi connectivity index (χ0) is 14.6. The van der Waals surface area contributed by atoms with E-state index in [0.717, 1.165) is 31.7 Å². The summed E-state index contributed by atoms with van der Waals surface area (Å²) in [6, 6.07) is 9.44. The predicted octanol–water partition coefficient (Wildman–Crippen LogP) is 2.17. The molecule has 4 nitrogen and oxygen atoms in total. The van der Waals surface area contributed by atoms with Crippen molar-refractivity contribution in [1.29, 1.82) is 5.26 Å². The lowest BCUT2D eigenvalue weighted by Crippen LogP contribution is -2.46. The molecule has 1 fully saturated rings. The molecule has 1 aliphatic rings. The van der Waals surface area contributed by atoms with Crippen LogP contribution in [-0.4, -0.2) is 41.3 Å². The fraction of sp³-hybridized carbons (Fsp3) is 0.562. The lowest BCUT2D eigenvalue weighted by Gasteiger charge is -2.33. The van der Waals surface area contributed by atoms with Gasteiger partial charge in [-0.1, -0.05) is 0 Å². The van der Waals surface area contributed by atoms with Crippen molar-refractivity contribution in [3.8, 4) is 11.8 Å². The summed E-state index contributed by atoms with van der Waals surface area (Å²) >= 11 is 0. The van der Waals surface area contributed by atoms with Gasteiger partial charge in [-0.25, -0.2) is 0 Å². The van der Waals surface area contributed by atoms with Gasteiger partial charge in [-0.15, -0.1) is 0 Å². The van der Waals surface area contributed by atoms with Gasteiger partial charge in [0.05, 0.1) is 17.2 Å². The fourth-order valence-corrected chi connectivity index (χ4v) is 2.80. The Hall–Kier alpha value is -1.57. The standard InChI is InChI=1S/C16H22N2O2/c1-16(2,19)15-4-3-9-18(15)10-11-20-14-7-5-13(12-17)6-8-14/h5-8,15,19H,3-4,9-11H2,1-2H3. The first kappa shape index (κ1) is 14.8. The molecule has 0 aromatic heterocycles. The average molecular weight is 274 g/mol. The Labute approximate surface area is 120 Å². The summed E-state index contributed by atoms with van der Waals surface area (Å²) in [5.41, 5.74) is -0.0238. The number of benzene rings is 1. The van der Waals surface area contributed by atoms with Crippen molar-refractivity contribution in [3.05, 3.63) is 29.8 Å². The lowest BCUT2D eigenvalue weighted by atomic mass is 9.97. The van der Waals surface area contributed by atoms with Crippen LogP contribution in [0.3, 0.4) is 0 Å². The second-order valence-corrected chi connectivity index (χ2v) is 5.83. The lowest BCUT2D eigenvalue weighted by molar-refractivity contribution is -0.00549. The van der Waals surface area contributed by atoms with E-state index < -0.39 is 5.60 Å². The Balaban J connectivity index is 1.82. The van der Waals surface area contributed by atoms with Crippen LogP contribution in [0.25, 0.3) is 0 Å². The van der Waals surface area contributed by atoms with Crippen molar-refractivity contribution in [3.63, 3.8) is 0 Å². The number of likely N-dealkylation sites (tertiary alicyclic amines) is 1. The molecule has 0 radical (unpaired) electrons. The van der Waals surface area contributed by atoms with E-state index in [1.54, 1.807) is 12.1 Å². The predicted molar refractivity (Wildman–Crippen MR) is 77.5 cm³/mol. The van der Waals surface area contributed by atoms with Gasteiger partial charge >= 0.3 is 0 Å². The summed E-state index contributed by atoms with van der Waals surface area (Å²) in [5.74, 6) is 0.781. The van der Waals surface area contributed by atoms with Crippen LogP contribution in [0.5, 0.6) is 5.75 Å². The van der Waals surface area contributed by atoms with Crippen LogP contribution in [0.2, 0.25) is 0 Å². The van der Waals surface area contributed by atoms with Gasteiger partial charge in [-0.3, -0.25) is 4.90 Å². The third kappa shape index (κ3) is 3.72. The minimum absolute atomic E-state index is 0.215. The van der Waals surface area contributed by atoms with Gasteiger partial charge in [0.2, 0.25) is 0 Å². The molecule has 20 heavy (non-hydrogen) atoms. The molecule has 1 atom stereocenters. The number of ether oxygens (including phenoxy) is 1. The van der Waals surface area contributed by atoms with Gasteiger partial charge in [0.25, 0.3) is 0 Å². The molecule has 0 bridgehead atoms. The summed E-state index contributed by atoms with van der Waals surface area (Å²) in [7, 11) is 0. The van der Waals surface area contributed by atoms with Crippen molar-refractivity contribution >= 4 is 0 Å². The molecule has 1 saturated heterocycles. The van der Waals surface area contributed by atoms with E-state index in [-0.39, 0.29) is 6.04 Å². The monoisotopic (exact) mass is 274 g/mol. The van der Waals surface area contributed by atoms with Crippen molar-refractivity contribution in [1.82, 2.24) is 4.90 Å². The molecular weight excluding hydrogens is 252 g/mol. The third-order valence-electron chi connectivity index (χ3n) is 3.81. The van der Waals surface area contributed by atoms with Crippen molar-refractivity contribution < 1.29 is 9.84 Å². The van der Waals surface area contributed by atoms with Gasteiger partial charge in [0.1, 0.15) is 12.4 Å². The fourth-order valence-electron chi connectivity index (χ4n) is 2.80. The highest BCUT2D eigenvalue weighted by molar-refractivity contribution is 5.34. The first-order chi connectivity index (χ1) is 9.50. The molecule has 108 valence electrons. The molecule has 0 aliphatic carbocycles. The summed E-state index contributed by atoms with van der Waals surface area (Å²) < 4.78 is 5.70. The van der Waals surface area contributed by atoms with E-state index in [1.807, 2.05) is 26.0 Å². The average Bonchev–Trinajstić information content (AvgIpc) is 2.88. The molecule has 1 aromatic rings. The molecule has 2 rings (SSSR count). The van der Waals surface area contributed by atoms with Crippen LogP contribution in [0.1, 0.15) is 32.3 Å². The zero-order valence-electron chi connectivity index (χ0n) is 12.2. The second-order valence-electron chi connectivity index (χ2n) is 5.83. The summed E-state index contributed by atoms with van der Waals surface area (Å²) in [6.45, 7) is 6.17. The van der Waals surface area contributed by atoms with Gasteiger partial charge < -0.3 is 9.84 Å². The maximum absolute atomic E-state index is 10.1. The molecule has 1 N–H and O–H groups in total.